The minimum Gasteiger partial charge on any atom is -0.241 e. The smallest absolute Gasteiger partial charge is 0.137 e. The second kappa shape index (κ2) is 7.36. The maximum atomic E-state index is 10.4. The molecule has 0 aliphatic heterocycles. The van der Waals surface area contributed by atoms with Gasteiger partial charge in [0.05, 0.1) is 0 Å². The predicted octanol–water partition coefficient (Wildman–Crippen LogP) is 3.45. The van der Waals surface area contributed by atoms with Crippen LogP contribution in [0.1, 0.15) is 28.3 Å². The van der Waals surface area contributed by atoms with Crippen molar-refractivity contribution in [3.05, 3.63) is 93.3 Å². The Morgan fingerprint density at radius 1 is 0.833 bits per heavy atom. The predicted molar refractivity (Wildman–Crippen MR) is 89.1 cm³/mol. The fourth-order valence-electron chi connectivity index (χ4n) is 2.61. The molecule has 24 heavy (non-hydrogen) atoms. The van der Waals surface area contributed by atoms with Gasteiger partial charge >= 0.3 is 0 Å². The third kappa shape index (κ3) is 3.40. The molecule has 0 bridgehead atoms. The lowest BCUT2D eigenvalue weighted by Crippen LogP contribution is -2.13. The second-order valence-corrected chi connectivity index (χ2v) is 5.34. The lowest BCUT2D eigenvalue weighted by Gasteiger charge is -2.18. The normalized spacial score (nSPS) is 10.7. The second-order valence-electron chi connectivity index (χ2n) is 5.34. The lowest BCUT2D eigenvalue weighted by molar-refractivity contribution is 0.593. The maximum absolute atomic E-state index is 10.4. The van der Waals surface area contributed by atoms with Crippen LogP contribution in [0, 0.1) is 9.81 Å². The monoisotopic (exact) mass is 321 g/mol. The van der Waals surface area contributed by atoms with Gasteiger partial charge in [-0.25, -0.2) is 9.67 Å². The first-order chi connectivity index (χ1) is 11.8. The third-order valence-electron chi connectivity index (χ3n) is 3.79. The van der Waals surface area contributed by atoms with Gasteiger partial charge < -0.3 is 0 Å². The molecule has 0 spiro atoms. The molecule has 0 fully saturated rings. The SMILES string of the molecule is O=NCc1ccc(C(c2ccc(CN=O)cc2)n2cncn2)cc1. The minimum absolute atomic E-state index is 0.149. The average Bonchev–Trinajstić information content (AvgIpc) is 3.13. The van der Waals surface area contributed by atoms with Crippen LogP contribution >= 0.6 is 0 Å². The molecule has 0 N–H and O–H groups in total. The molecule has 3 aromatic rings. The van der Waals surface area contributed by atoms with Gasteiger partial charge in [-0.1, -0.05) is 58.9 Å². The highest BCUT2D eigenvalue weighted by Gasteiger charge is 2.17. The lowest BCUT2D eigenvalue weighted by atomic mass is 9.97. The van der Waals surface area contributed by atoms with Crippen molar-refractivity contribution >= 4 is 0 Å². The molecule has 120 valence electrons. The van der Waals surface area contributed by atoms with Crippen LogP contribution in [0.25, 0.3) is 0 Å². The highest BCUT2D eigenvalue weighted by molar-refractivity contribution is 5.35. The van der Waals surface area contributed by atoms with E-state index >= 15 is 0 Å². The van der Waals surface area contributed by atoms with E-state index in [2.05, 4.69) is 20.4 Å². The molecule has 0 atom stereocenters. The summed E-state index contributed by atoms with van der Waals surface area (Å²) in [5, 5.41) is 10.1. The minimum atomic E-state index is -0.149. The van der Waals surface area contributed by atoms with Crippen molar-refractivity contribution < 1.29 is 0 Å². The van der Waals surface area contributed by atoms with Gasteiger partial charge in [0.15, 0.2) is 0 Å². The molecule has 0 aliphatic carbocycles. The van der Waals surface area contributed by atoms with Gasteiger partial charge in [0.25, 0.3) is 0 Å². The zero-order chi connectivity index (χ0) is 16.8. The summed E-state index contributed by atoms with van der Waals surface area (Å²) in [6.45, 7) is 0.309. The van der Waals surface area contributed by atoms with Crippen LogP contribution in [0.15, 0.2) is 71.5 Å². The van der Waals surface area contributed by atoms with E-state index in [4.69, 9.17) is 0 Å². The highest BCUT2D eigenvalue weighted by atomic mass is 16.3. The molecule has 0 aliphatic rings. The van der Waals surface area contributed by atoms with Crippen LogP contribution in [-0.4, -0.2) is 14.8 Å². The fraction of sp³-hybridized carbons (Fsp3) is 0.176. The summed E-state index contributed by atoms with van der Waals surface area (Å²) >= 11 is 0. The standard InChI is InChI=1S/C17H15N5O2/c23-20-9-13-1-5-15(6-2-13)17(22-12-18-11-19-22)16-7-3-14(4-8-16)10-21-24/h1-8,11-12,17H,9-10H2. The number of aromatic nitrogens is 3. The van der Waals surface area contributed by atoms with Crippen LogP contribution in [0.2, 0.25) is 0 Å². The molecule has 0 unspecified atom stereocenters. The molecule has 3 rings (SSSR count). The van der Waals surface area contributed by atoms with Crippen molar-refractivity contribution in [3.8, 4) is 0 Å². The van der Waals surface area contributed by atoms with E-state index in [1.807, 2.05) is 48.5 Å². The molecule has 0 radical (unpaired) electrons. The number of nitroso groups, excluding NO2 is 2. The Morgan fingerprint density at radius 2 is 1.33 bits per heavy atom. The number of benzene rings is 2. The number of hydrogen-bond acceptors (Lipinski definition) is 6. The van der Waals surface area contributed by atoms with Gasteiger partial charge in [0, 0.05) is 0 Å². The Morgan fingerprint density at radius 3 is 1.71 bits per heavy atom. The zero-order valence-electron chi connectivity index (χ0n) is 12.8. The van der Waals surface area contributed by atoms with Crippen LogP contribution in [0.5, 0.6) is 0 Å². The third-order valence-corrected chi connectivity index (χ3v) is 3.79. The molecule has 0 saturated carbocycles. The summed E-state index contributed by atoms with van der Waals surface area (Å²) in [6, 6.07) is 15.2. The first-order valence-corrected chi connectivity index (χ1v) is 7.42. The number of hydrogen-bond donors (Lipinski definition) is 0. The van der Waals surface area contributed by atoms with Crippen molar-refractivity contribution in [2.75, 3.05) is 0 Å². The van der Waals surface area contributed by atoms with Crippen LogP contribution < -0.4 is 0 Å². The van der Waals surface area contributed by atoms with E-state index in [1.165, 1.54) is 6.33 Å². The Hall–Kier alpha value is -3.22. The first-order valence-electron chi connectivity index (χ1n) is 7.42. The Labute approximate surface area is 138 Å². The summed E-state index contributed by atoms with van der Waals surface area (Å²) in [5.74, 6) is 0. The zero-order valence-corrected chi connectivity index (χ0v) is 12.8. The van der Waals surface area contributed by atoms with Crippen LogP contribution in [0.4, 0.5) is 0 Å². The quantitative estimate of drug-likeness (QED) is 0.623. The van der Waals surface area contributed by atoms with E-state index in [0.717, 1.165) is 22.3 Å². The molecule has 0 amide bonds. The van der Waals surface area contributed by atoms with Gasteiger partial charge in [0.1, 0.15) is 31.8 Å². The van der Waals surface area contributed by atoms with Crippen molar-refractivity contribution in [3.63, 3.8) is 0 Å². The highest BCUT2D eigenvalue weighted by Crippen LogP contribution is 2.26. The fourth-order valence-corrected chi connectivity index (χ4v) is 2.61. The molecule has 7 nitrogen and oxygen atoms in total. The summed E-state index contributed by atoms with van der Waals surface area (Å²) in [4.78, 5) is 24.8. The molecule has 2 aromatic carbocycles. The van der Waals surface area contributed by atoms with Crippen molar-refractivity contribution in [1.29, 1.82) is 0 Å². The van der Waals surface area contributed by atoms with Crippen LogP contribution in [-0.2, 0) is 13.1 Å². The van der Waals surface area contributed by atoms with Crippen molar-refractivity contribution in [2.45, 2.75) is 19.1 Å². The van der Waals surface area contributed by atoms with Gasteiger partial charge in [-0.3, -0.25) is 0 Å². The molecule has 1 heterocycles. The van der Waals surface area contributed by atoms with Crippen molar-refractivity contribution in [1.82, 2.24) is 14.8 Å². The van der Waals surface area contributed by atoms with Crippen molar-refractivity contribution in [2.24, 2.45) is 10.4 Å². The largest absolute Gasteiger partial charge is 0.241 e. The van der Waals surface area contributed by atoms with Gasteiger partial charge in [-0.2, -0.15) is 14.9 Å². The maximum Gasteiger partial charge on any atom is 0.137 e. The summed E-state index contributed by atoms with van der Waals surface area (Å²) in [7, 11) is 0. The van der Waals surface area contributed by atoms with Gasteiger partial charge in [-0.15, -0.1) is 0 Å². The Kier molecular flexibility index (Phi) is 4.81. The van der Waals surface area contributed by atoms with E-state index in [9.17, 15) is 9.81 Å². The van der Waals surface area contributed by atoms with Gasteiger partial charge in [0.2, 0.25) is 0 Å². The summed E-state index contributed by atoms with van der Waals surface area (Å²) in [6.07, 6.45) is 3.15. The van der Waals surface area contributed by atoms with E-state index in [0.29, 0.717) is 0 Å². The molecular weight excluding hydrogens is 306 g/mol. The number of rotatable bonds is 7. The Balaban J connectivity index is 1.97. The van der Waals surface area contributed by atoms with E-state index < -0.39 is 0 Å². The van der Waals surface area contributed by atoms with E-state index in [-0.39, 0.29) is 19.1 Å². The molecular formula is C17H15N5O2. The topological polar surface area (TPSA) is 89.6 Å². The summed E-state index contributed by atoms with van der Waals surface area (Å²) < 4.78 is 1.76. The molecule has 0 saturated heterocycles. The number of nitrogens with zero attached hydrogens (tertiary/aromatic N) is 5. The molecule has 1 aromatic heterocycles. The van der Waals surface area contributed by atoms with Crippen LogP contribution in [0.3, 0.4) is 0 Å². The first kappa shape index (κ1) is 15.7. The average molecular weight is 321 g/mol. The van der Waals surface area contributed by atoms with E-state index in [1.54, 1.807) is 11.0 Å². The molecule has 7 heteroatoms. The Bertz CT molecular complexity index is 745. The summed E-state index contributed by atoms with van der Waals surface area (Å²) in [5.41, 5.74) is 3.74. The van der Waals surface area contributed by atoms with Gasteiger partial charge in [-0.05, 0) is 22.3 Å².